The Morgan fingerprint density at radius 2 is 1.89 bits per heavy atom. The Hall–Kier alpha value is -2.37. The Bertz CT molecular complexity index is 964. The number of aromatic nitrogens is 2. The first kappa shape index (κ1) is 21.9. The molecular weight excluding hydrogens is 383 g/mol. The predicted octanol–water partition coefficient (Wildman–Crippen LogP) is 0.952. The van der Waals surface area contributed by atoms with Crippen LogP contribution in [0.4, 0.5) is 10.5 Å². The normalized spacial score (nSPS) is 12.1. The fourth-order valence-electron chi connectivity index (χ4n) is 2.55. The molecule has 0 unspecified atom stereocenters. The second-order valence-corrected chi connectivity index (χ2v) is 9.42. The van der Waals surface area contributed by atoms with Gasteiger partial charge < -0.3 is 15.4 Å². The number of carbonyl (C=O) groups is 1. The topological polar surface area (TPSA) is 134 Å². The molecule has 2 amide bonds. The highest BCUT2D eigenvalue weighted by Crippen LogP contribution is 2.28. The number of rotatable bonds is 5. The maximum absolute atomic E-state index is 12.4. The van der Waals surface area contributed by atoms with E-state index < -0.39 is 23.2 Å². The lowest BCUT2D eigenvalue weighted by Gasteiger charge is -2.24. The molecule has 0 saturated heterocycles. The standard InChI is InChI=1S/C17H25BN4O5S/c1-11(2)22-10-13(9-19-22)28(26,27)21-16(23)20-15-8-12(18(24)25)6-7-14(15)17(3,4)5/h6-11,24-25H,1-5H3,(H2,20,21,23). The van der Waals surface area contributed by atoms with Crippen LogP contribution < -0.4 is 15.5 Å². The number of hydrogen-bond acceptors (Lipinski definition) is 6. The molecule has 2 rings (SSSR count). The average molecular weight is 408 g/mol. The van der Waals surface area contributed by atoms with Crippen molar-refractivity contribution in [3.63, 3.8) is 0 Å². The first-order chi connectivity index (χ1) is 12.8. The van der Waals surface area contributed by atoms with Crippen LogP contribution in [0.1, 0.15) is 46.2 Å². The minimum atomic E-state index is -4.11. The van der Waals surface area contributed by atoms with E-state index in [1.165, 1.54) is 29.2 Å². The van der Waals surface area contributed by atoms with Crippen molar-refractivity contribution in [1.29, 1.82) is 0 Å². The summed E-state index contributed by atoms with van der Waals surface area (Å²) >= 11 is 0. The first-order valence-electron chi connectivity index (χ1n) is 8.70. The van der Waals surface area contributed by atoms with E-state index in [9.17, 15) is 23.3 Å². The van der Waals surface area contributed by atoms with E-state index >= 15 is 0 Å². The van der Waals surface area contributed by atoms with Gasteiger partial charge in [-0.25, -0.2) is 17.9 Å². The summed E-state index contributed by atoms with van der Waals surface area (Å²) in [6.45, 7) is 9.44. The van der Waals surface area contributed by atoms with Gasteiger partial charge in [0.05, 0.1) is 6.20 Å². The number of nitrogens with one attached hydrogen (secondary N) is 2. The van der Waals surface area contributed by atoms with E-state index in [0.29, 0.717) is 5.56 Å². The van der Waals surface area contributed by atoms with Crippen molar-refractivity contribution in [2.75, 3.05) is 5.32 Å². The van der Waals surface area contributed by atoms with Gasteiger partial charge in [0.2, 0.25) is 0 Å². The highest BCUT2D eigenvalue weighted by atomic mass is 32.2. The van der Waals surface area contributed by atoms with Gasteiger partial charge in [0, 0.05) is 17.9 Å². The van der Waals surface area contributed by atoms with Crippen molar-refractivity contribution in [3.8, 4) is 0 Å². The molecular formula is C17H25BN4O5S. The summed E-state index contributed by atoms with van der Waals surface area (Å²) in [6, 6.07) is 3.60. The monoisotopic (exact) mass is 408 g/mol. The van der Waals surface area contributed by atoms with Gasteiger partial charge in [0.15, 0.2) is 0 Å². The molecule has 152 valence electrons. The van der Waals surface area contributed by atoms with Gasteiger partial charge in [-0.05, 0) is 36.4 Å². The van der Waals surface area contributed by atoms with Crippen molar-refractivity contribution in [2.45, 2.75) is 51.0 Å². The van der Waals surface area contributed by atoms with Crippen LogP contribution in [0.5, 0.6) is 0 Å². The number of hydrogen-bond donors (Lipinski definition) is 4. The molecule has 1 heterocycles. The van der Waals surface area contributed by atoms with Crippen LogP contribution in [0.2, 0.25) is 0 Å². The SMILES string of the molecule is CC(C)n1cc(S(=O)(=O)NC(=O)Nc2cc(B(O)O)ccc2C(C)(C)C)cn1. The first-order valence-corrected chi connectivity index (χ1v) is 10.2. The molecule has 1 aromatic carbocycles. The maximum atomic E-state index is 12.4. The van der Waals surface area contributed by atoms with E-state index in [4.69, 9.17) is 0 Å². The van der Waals surface area contributed by atoms with E-state index in [2.05, 4.69) is 10.4 Å². The molecule has 0 aliphatic carbocycles. The number of nitrogens with zero attached hydrogens (tertiary/aromatic N) is 2. The lowest BCUT2D eigenvalue weighted by atomic mass is 9.77. The Morgan fingerprint density at radius 3 is 2.39 bits per heavy atom. The Kier molecular flexibility index (Phi) is 6.22. The molecule has 0 radical (unpaired) electrons. The molecule has 4 N–H and O–H groups in total. The minimum Gasteiger partial charge on any atom is -0.423 e. The molecule has 0 atom stereocenters. The number of anilines is 1. The number of carbonyl (C=O) groups excluding carboxylic acids is 1. The second-order valence-electron chi connectivity index (χ2n) is 7.74. The van der Waals surface area contributed by atoms with Crippen LogP contribution in [0.3, 0.4) is 0 Å². The van der Waals surface area contributed by atoms with Gasteiger partial charge >= 0.3 is 13.1 Å². The zero-order chi connectivity index (χ0) is 21.3. The van der Waals surface area contributed by atoms with E-state index in [1.807, 2.05) is 39.3 Å². The van der Waals surface area contributed by atoms with Crippen molar-refractivity contribution in [3.05, 3.63) is 36.2 Å². The lowest BCUT2D eigenvalue weighted by Crippen LogP contribution is -2.36. The predicted molar refractivity (Wildman–Crippen MR) is 107 cm³/mol. The summed E-state index contributed by atoms with van der Waals surface area (Å²) in [6.07, 6.45) is 2.50. The Balaban J connectivity index is 2.27. The lowest BCUT2D eigenvalue weighted by molar-refractivity contribution is 0.256. The molecule has 0 aliphatic rings. The van der Waals surface area contributed by atoms with Crippen LogP contribution in [-0.2, 0) is 15.4 Å². The fourth-order valence-corrected chi connectivity index (χ4v) is 3.40. The highest BCUT2D eigenvalue weighted by Gasteiger charge is 2.24. The molecule has 0 aliphatic heterocycles. The third-order valence-corrected chi connectivity index (χ3v) is 5.33. The van der Waals surface area contributed by atoms with Crippen molar-refractivity contribution < 1.29 is 23.3 Å². The highest BCUT2D eigenvalue weighted by molar-refractivity contribution is 7.90. The zero-order valence-corrected chi connectivity index (χ0v) is 17.3. The molecule has 0 spiro atoms. The van der Waals surface area contributed by atoms with Crippen molar-refractivity contribution in [1.82, 2.24) is 14.5 Å². The molecule has 0 fully saturated rings. The van der Waals surface area contributed by atoms with Gasteiger partial charge in [-0.15, -0.1) is 0 Å². The average Bonchev–Trinajstić information content (AvgIpc) is 3.04. The zero-order valence-electron chi connectivity index (χ0n) is 16.5. The van der Waals surface area contributed by atoms with Gasteiger partial charge in [0.25, 0.3) is 10.0 Å². The third kappa shape index (κ3) is 5.12. The third-order valence-electron chi connectivity index (χ3n) is 4.04. The van der Waals surface area contributed by atoms with Crippen LogP contribution in [0, 0.1) is 0 Å². The summed E-state index contributed by atoms with van der Waals surface area (Å²) in [5.74, 6) is 0. The maximum Gasteiger partial charge on any atom is 0.488 e. The summed E-state index contributed by atoms with van der Waals surface area (Å²) in [4.78, 5) is 12.2. The molecule has 0 bridgehead atoms. The van der Waals surface area contributed by atoms with Crippen LogP contribution in [0.15, 0.2) is 35.5 Å². The van der Waals surface area contributed by atoms with E-state index in [1.54, 1.807) is 6.07 Å². The summed E-state index contributed by atoms with van der Waals surface area (Å²) in [5, 5.41) is 25.2. The quantitative estimate of drug-likeness (QED) is 0.545. The minimum absolute atomic E-state index is 0.0280. The molecule has 2 aromatic rings. The molecule has 28 heavy (non-hydrogen) atoms. The molecule has 1 aromatic heterocycles. The van der Waals surface area contributed by atoms with Crippen molar-refractivity contribution in [2.24, 2.45) is 0 Å². The summed E-state index contributed by atoms with van der Waals surface area (Å²) < 4.78 is 28.3. The molecule has 11 heteroatoms. The number of urea groups is 1. The number of sulfonamides is 1. The largest absolute Gasteiger partial charge is 0.488 e. The van der Waals surface area contributed by atoms with Gasteiger partial charge in [-0.3, -0.25) is 4.68 Å². The smallest absolute Gasteiger partial charge is 0.423 e. The fraction of sp³-hybridized carbons (Fsp3) is 0.412. The Morgan fingerprint density at radius 1 is 1.25 bits per heavy atom. The van der Waals surface area contributed by atoms with Gasteiger partial charge in [0.1, 0.15) is 4.90 Å². The number of benzene rings is 1. The van der Waals surface area contributed by atoms with Crippen molar-refractivity contribution >= 4 is 34.3 Å². The van der Waals surface area contributed by atoms with Crippen LogP contribution in [0.25, 0.3) is 0 Å². The van der Waals surface area contributed by atoms with E-state index in [0.717, 1.165) is 0 Å². The number of amides is 2. The molecule has 0 saturated carbocycles. The summed E-state index contributed by atoms with van der Waals surface area (Å²) in [5.41, 5.74) is 0.781. The Labute approximate surface area is 165 Å². The summed E-state index contributed by atoms with van der Waals surface area (Å²) in [7, 11) is -5.83. The molecule has 9 nitrogen and oxygen atoms in total. The van der Waals surface area contributed by atoms with Crippen LogP contribution >= 0.6 is 0 Å². The van der Waals surface area contributed by atoms with Gasteiger partial charge in [-0.1, -0.05) is 32.9 Å². The van der Waals surface area contributed by atoms with Crippen LogP contribution in [-0.4, -0.2) is 41.4 Å². The van der Waals surface area contributed by atoms with Gasteiger partial charge in [-0.2, -0.15) is 5.10 Å². The van der Waals surface area contributed by atoms with E-state index in [-0.39, 0.29) is 27.5 Å². The second kappa shape index (κ2) is 7.94.